The Morgan fingerprint density at radius 1 is 1.18 bits per heavy atom. The van der Waals surface area contributed by atoms with Crippen LogP contribution in [0.15, 0.2) is 30.6 Å². The van der Waals surface area contributed by atoms with Crippen LogP contribution in [-0.4, -0.2) is 82.4 Å². The van der Waals surface area contributed by atoms with Crippen LogP contribution in [0.3, 0.4) is 0 Å². The highest BCUT2D eigenvalue weighted by Crippen LogP contribution is 2.48. The quantitative estimate of drug-likeness (QED) is 0.427. The molecule has 1 aromatic carbocycles. The van der Waals surface area contributed by atoms with E-state index in [1.807, 2.05) is 29.1 Å². The molecule has 3 aromatic rings. The van der Waals surface area contributed by atoms with Crippen LogP contribution in [0.1, 0.15) is 66.1 Å². The zero-order valence-electron chi connectivity index (χ0n) is 25.5. The van der Waals surface area contributed by atoms with Crippen molar-refractivity contribution in [3.05, 3.63) is 58.5 Å². The monoisotopic (exact) mass is 614 g/mol. The lowest BCUT2D eigenvalue weighted by molar-refractivity contribution is -0.0857. The van der Waals surface area contributed by atoms with Gasteiger partial charge in [0.05, 0.1) is 42.7 Å². The summed E-state index contributed by atoms with van der Waals surface area (Å²) in [6, 6.07) is 8.45. The van der Waals surface area contributed by atoms with Gasteiger partial charge in [-0.05, 0) is 56.3 Å². The highest BCUT2D eigenvalue weighted by atomic mass is 19.1. The van der Waals surface area contributed by atoms with Crippen molar-refractivity contribution in [1.82, 2.24) is 24.6 Å². The Hall–Kier alpha value is -3.79. The van der Waals surface area contributed by atoms with E-state index in [1.54, 1.807) is 6.20 Å². The van der Waals surface area contributed by atoms with Crippen molar-refractivity contribution in [2.75, 3.05) is 56.6 Å². The Morgan fingerprint density at radius 2 is 2.11 bits per heavy atom. The number of aromatic nitrogens is 4. The lowest BCUT2D eigenvalue weighted by Gasteiger charge is -2.43. The third kappa shape index (κ3) is 4.92. The van der Waals surface area contributed by atoms with Gasteiger partial charge in [-0.3, -0.25) is 9.58 Å². The number of alkyl halides is 1. The van der Waals surface area contributed by atoms with E-state index >= 15 is 0 Å². The lowest BCUT2D eigenvalue weighted by atomic mass is 9.72. The molecule has 4 aliphatic heterocycles. The predicted octanol–water partition coefficient (Wildman–Crippen LogP) is 3.46. The van der Waals surface area contributed by atoms with Crippen molar-refractivity contribution in [3.8, 4) is 12.1 Å². The number of nitrogen functional groups attached to an aromatic ring is 1. The first kappa shape index (κ1) is 28.7. The molecule has 2 N–H and O–H groups in total. The summed E-state index contributed by atoms with van der Waals surface area (Å²) >= 11 is 0. The van der Waals surface area contributed by atoms with E-state index < -0.39 is 11.8 Å². The molecule has 5 aliphatic rings. The zero-order valence-corrected chi connectivity index (χ0v) is 25.5. The second-order valence-electron chi connectivity index (χ2n) is 13.3. The van der Waals surface area contributed by atoms with Gasteiger partial charge in [-0.15, -0.1) is 0 Å². The molecule has 1 spiro atoms. The second-order valence-corrected chi connectivity index (χ2v) is 13.3. The highest BCUT2D eigenvalue weighted by molar-refractivity contribution is 5.63. The first-order chi connectivity index (χ1) is 22.0. The maximum Gasteiger partial charge on any atom is 0.318 e. The van der Waals surface area contributed by atoms with Gasteiger partial charge in [0, 0.05) is 61.7 Å². The standard InChI is InChI=1S/C33H39FN8O3/c34-23-14-32(7-2-10-41(32)17-23)21-44-31-38-28-15-33(8-1-4-22-5-6-27(36)25(16-35)29(22)33)45-20-26(28)30(39-31)40-12-13-43-19-24(18-40)42-11-3-9-37-42/h3,5-6,9,11,23-24H,1-2,4,7-8,10,12-15,17-21,36H2/t23-,24-,32+,33+/m1/s1. The summed E-state index contributed by atoms with van der Waals surface area (Å²) in [7, 11) is 0. The zero-order chi connectivity index (χ0) is 30.6. The molecule has 8 rings (SSSR count). The van der Waals surface area contributed by atoms with E-state index in [0.717, 1.165) is 66.9 Å². The third-order valence-electron chi connectivity index (χ3n) is 10.6. The molecule has 4 atom stereocenters. The van der Waals surface area contributed by atoms with Gasteiger partial charge in [-0.25, -0.2) is 4.39 Å². The van der Waals surface area contributed by atoms with Gasteiger partial charge >= 0.3 is 6.01 Å². The fourth-order valence-electron chi connectivity index (χ4n) is 8.46. The van der Waals surface area contributed by atoms with Crippen molar-refractivity contribution in [2.45, 2.75) is 74.9 Å². The molecular formula is C33H39FN8O3. The summed E-state index contributed by atoms with van der Waals surface area (Å²) < 4.78 is 35.8. The first-order valence-corrected chi connectivity index (χ1v) is 16.2. The van der Waals surface area contributed by atoms with Crippen molar-refractivity contribution in [2.24, 2.45) is 0 Å². The van der Waals surface area contributed by atoms with E-state index in [1.165, 1.54) is 0 Å². The third-order valence-corrected chi connectivity index (χ3v) is 10.6. The number of nitrogens with two attached hydrogens (primary N) is 1. The smallest absolute Gasteiger partial charge is 0.318 e. The Morgan fingerprint density at radius 3 is 2.98 bits per heavy atom. The number of rotatable bonds is 5. The van der Waals surface area contributed by atoms with Crippen LogP contribution in [0, 0.1) is 11.3 Å². The average Bonchev–Trinajstić information content (AvgIpc) is 3.73. The van der Waals surface area contributed by atoms with E-state index in [0.29, 0.717) is 76.2 Å². The molecule has 0 amide bonds. The largest absolute Gasteiger partial charge is 0.461 e. The molecule has 3 saturated heterocycles. The maximum atomic E-state index is 14.6. The Kier molecular flexibility index (Phi) is 7.15. The Bertz CT molecular complexity index is 1630. The number of ether oxygens (including phenoxy) is 3. The topological polar surface area (TPSA) is 128 Å². The summed E-state index contributed by atoms with van der Waals surface area (Å²) in [6.45, 7) is 4.40. The number of fused-ring (bicyclic) bond motifs is 4. The maximum absolute atomic E-state index is 14.6. The number of hydrogen-bond acceptors (Lipinski definition) is 10. The van der Waals surface area contributed by atoms with E-state index in [-0.39, 0.29) is 11.6 Å². The number of halogens is 1. The summed E-state index contributed by atoms with van der Waals surface area (Å²) in [4.78, 5) is 14.5. The highest BCUT2D eigenvalue weighted by Gasteiger charge is 2.50. The van der Waals surface area contributed by atoms with Gasteiger partial charge in [0.25, 0.3) is 0 Å². The van der Waals surface area contributed by atoms with Gasteiger partial charge in [0.2, 0.25) is 0 Å². The van der Waals surface area contributed by atoms with E-state index in [9.17, 15) is 9.65 Å². The molecule has 0 saturated carbocycles. The fourth-order valence-corrected chi connectivity index (χ4v) is 8.46. The fraction of sp³-hybridized carbons (Fsp3) is 0.576. The minimum Gasteiger partial charge on any atom is -0.461 e. The lowest BCUT2D eigenvalue weighted by Crippen LogP contribution is -2.44. The number of benzene rings is 1. The molecule has 6 heterocycles. The Labute approximate surface area is 262 Å². The van der Waals surface area contributed by atoms with E-state index in [2.05, 4.69) is 21.0 Å². The molecular weight excluding hydrogens is 575 g/mol. The number of nitrogens with zero attached hydrogens (tertiary/aromatic N) is 7. The number of nitriles is 1. The molecule has 1 aliphatic carbocycles. The van der Waals surface area contributed by atoms with Crippen LogP contribution < -0.4 is 15.4 Å². The van der Waals surface area contributed by atoms with Gasteiger partial charge in [-0.2, -0.15) is 20.3 Å². The predicted molar refractivity (Wildman–Crippen MR) is 164 cm³/mol. The molecule has 0 radical (unpaired) electrons. The van der Waals surface area contributed by atoms with Crippen molar-refractivity contribution >= 4 is 11.5 Å². The number of anilines is 2. The molecule has 11 nitrogen and oxygen atoms in total. The van der Waals surface area contributed by atoms with Gasteiger partial charge in [0.1, 0.15) is 30.3 Å². The van der Waals surface area contributed by atoms with Gasteiger partial charge in [-0.1, -0.05) is 6.07 Å². The van der Waals surface area contributed by atoms with Crippen LogP contribution in [0.4, 0.5) is 15.9 Å². The summed E-state index contributed by atoms with van der Waals surface area (Å²) in [5.74, 6) is 0.771. The van der Waals surface area contributed by atoms with Crippen LogP contribution in [0.2, 0.25) is 0 Å². The van der Waals surface area contributed by atoms with Crippen molar-refractivity contribution < 1.29 is 18.6 Å². The summed E-state index contributed by atoms with van der Waals surface area (Å²) in [5.41, 5.74) is 10.1. The summed E-state index contributed by atoms with van der Waals surface area (Å²) in [6.07, 6.45) is 8.39. The van der Waals surface area contributed by atoms with E-state index in [4.69, 9.17) is 29.9 Å². The minimum absolute atomic E-state index is 0.00521. The van der Waals surface area contributed by atoms with Gasteiger partial charge < -0.3 is 24.8 Å². The summed E-state index contributed by atoms with van der Waals surface area (Å²) in [5, 5.41) is 14.6. The Balaban J connectivity index is 1.18. The van der Waals surface area contributed by atoms with Crippen LogP contribution in [0.25, 0.3) is 0 Å². The van der Waals surface area contributed by atoms with Crippen LogP contribution in [0.5, 0.6) is 6.01 Å². The van der Waals surface area contributed by atoms with Crippen molar-refractivity contribution in [3.63, 3.8) is 0 Å². The molecule has 0 unspecified atom stereocenters. The molecule has 2 aromatic heterocycles. The first-order valence-electron chi connectivity index (χ1n) is 16.2. The average molecular weight is 615 g/mol. The number of aryl methyl sites for hydroxylation is 1. The normalized spacial score (nSPS) is 29.6. The van der Waals surface area contributed by atoms with Gasteiger partial charge in [0.15, 0.2) is 0 Å². The molecule has 0 bridgehead atoms. The molecule has 45 heavy (non-hydrogen) atoms. The molecule has 236 valence electrons. The SMILES string of the molecule is N#Cc1c(N)ccc2c1[C@]1(CCC2)Cc2nc(OC[C@@]34CCCN3C[C@H](F)C4)nc(N3CCOC[C@H](n4cccn4)C3)c2CO1. The number of hydrogen-bond donors (Lipinski definition) is 1. The van der Waals surface area contributed by atoms with Crippen molar-refractivity contribution in [1.29, 1.82) is 5.26 Å². The van der Waals surface area contributed by atoms with Crippen LogP contribution in [-0.2, 0) is 34.5 Å². The molecule has 3 fully saturated rings. The second kappa shape index (κ2) is 11.2. The van der Waals surface area contributed by atoms with Crippen LogP contribution >= 0.6 is 0 Å². The minimum atomic E-state index is -0.838. The molecule has 12 heteroatoms.